The Hall–Kier alpha value is -3.19. The quantitative estimate of drug-likeness (QED) is 0.536. The van der Waals surface area contributed by atoms with Crippen LogP contribution in [0.15, 0.2) is 48.5 Å². The molecule has 0 atom stereocenters. The second-order valence-corrected chi connectivity index (χ2v) is 5.25. The van der Waals surface area contributed by atoms with Crippen molar-refractivity contribution in [3.63, 3.8) is 0 Å². The van der Waals surface area contributed by atoms with E-state index in [1.807, 2.05) is 55.5 Å². The van der Waals surface area contributed by atoms with Crippen LogP contribution >= 0.6 is 0 Å². The van der Waals surface area contributed by atoms with E-state index in [-0.39, 0.29) is 12.3 Å². The van der Waals surface area contributed by atoms with Gasteiger partial charge < -0.3 is 4.74 Å². The Balaban J connectivity index is 2.11. The summed E-state index contributed by atoms with van der Waals surface area (Å²) >= 11 is 0. The largest absolute Gasteiger partial charge is 0.461 e. The van der Waals surface area contributed by atoms with E-state index >= 15 is 0 Å². The van der Waals surface area contributed by atoms with Crippen LogP contribution in [0.4, 0.5) is 0 Å². The molecule has 0 aliphatic heterocycles. The maximum Gasteiger partial charge on any atom is 0.359 e. The third kappa shape index (κ3) is 3.41. The minimum absolute atomic E-state index is 0.149. The fraction of sp³-hybridized carbons (Fsp3) is 0.150. The first-order valence-corrected chi connectivity index (χ1v) is 7.70. The molecule has 0 bridgehead atoms. The summed E-state index contributed by atoms with van der Waals surface area (Å²) in [5.74, 6) is 5.50. The van der Waals surface area contributed by atoms with Crippen molar-refractivity contribution in [1.82, 2.24) is 9.97 Å². The number of benzene rings is 2. The lowest BCUT2D eigenvalue weighted by Gasteiger charge is -2.05. The molecule has 0 saturated carbocycles. The van der Waals surface area contributed by atoms with Crippen LogP contribution in [-0.4, -0.2) is 22.5 Å². The van der Waals surface area contributed by atoms with Crippen molar-refractivity contribution in [1.29, 1.82) is 0 Å². The van der Waals surface area contributed by atoms with Crippen LogP contribution in [0.5, 0.6) is 0 Å². The summed E-state index contributed by atoms with van der Waals surface area (Å²) in [6.45, 7) is 4.04. The zero-order valence-corrected chi connectivity index (χ0v) is 13.5. The number of aryl methyl sites for hydroxylation is 1. The molecule has 0 N–H and O–H groups in total. The summed E-state index contributed by atoms with van der Waals surface area (Å²) in [5.41, 5.74) is 3.79. The lowest BCUT2D eigenvalue weighted by atomic mass is 10.1. The van der Waals surface area contributed by atoms with Gasteiger partial charge in [0.1, 0.15) is 5.69 Å². The Kier molecular flexibility index (Phi) is 4.53. The number of fused-ring (bicyclic) bond motifs is 1. The van der Waals surface area contributed by atoms with Crippen LogP contribution in [0.1, 0.15) is 34.2 Å². The van der Waals surface area contributed by atoms with Crippen LogP contribution in [0.3, 0.4) is 0 Å². The predicted molar refractivity (Wildman–Crippen MR) is 92.7 cm³/mol. The first kappa shape index (κ1) is 15.7. The topological polar surface area (TPSA) is 52.1 Å². The molecule has 4 nitrogen and oxygen atoms in total. The second kappa shape index (κ2) is 6.93. The van der Waals surface area contributed by atoms with Gasteiger partial charge in [-0.1, -0.05) is 30.2 Å². The fourth-order valence-corrected chi connectivity index (χ4v) is 2.28. The van der Waals surface area contributed by atoms with Crippen molar-refractivity contribution in [2.24, 2.45) is 0 Å². The molecule has 24 heavy (non-hydrogen) atoms. The molecule has 0 fully saturated rings. The zero-order chi connectivity index (χ0) is 16.9. The average Bonchev–Trinajstić information content (AvgIpc) is 2.59. The maximum atomic E-state index is 12.2. The van der Waals surface area contributed by atoms with Crippen molar-refractivity contribution in [2.75, 3.05) is 6.61 Å². The normalized spacial score (nSPS) is 10.1. The molecular formula is C20H16N2O2. The fourth-order valence-electron chi connectivity index (χ4n) is 2.28. The number of ether oxygens (including phenoxy) is 1. The smallest absolute Gasteiger partial charge is 0.359 e. The Morgan fingerprint density at radius 2 is 1.79 bits per heavy atom. The average molecular weight is 316 g/mol. The van der Waals surface area contributed by atoms with Gasteiger partial charge >= 0.3 is 5.97 Å². The van der Waals surface area contributed by atoms with Gasteiger partial charge in [0, 0.05) is 5.56 Å². The molecule has 3 aromatic rings. The van der Waals surface area contributed by atoms with E-state index in [1.54, 1.807) is 6.92 Å². The number of aromatic nitrogens is 2. The van der Waals surface area contributed by atoms with Gasteiger partial charge in [0.2, 0.25) is 0 Å². The van der Waals surface area contributed by atoms with Crippen molar-refractivity contribution in [3.8, 4) is 11.8 Å². The highest BCUT2D eigenvalue weighted by Crippen LogP contribution is 2.13. The molecule has 2 aromatic carbocycles. The zero-order valence-electron chi connectivity index (χ0n) is 13.5. The van der Waals surface area contributed by atoms with E-state index in [1.165, 1.54) is 0 Å². The molecule has 3 rings (SSSR count). The van der Waals surface area contributed by atoms with Crippen LogP contribution in [0, 0.1) is 18.8 Å². The van der Waals surface area contributed by atoms with Crippen molar-refractivity contribution in [2.45, 2.75) is 13.8 Å². The van der Waals surface area contributed by atoms with Crippen LogP contribution in [0.2, 0.25) is 0 Å². The van der Waals surface area contributed by atoms with Gasteiger partial charge in [-0.15, -0.1) is 0 Å². The van der Waals surface area contributed by atoms with E-state index in [9.17, 15) is 4.79 Å². The molecule has 0 amide bonds. The highest BCUT2D eigenvalue weighted by Gasteiger charge is 2.16. The summed E-state index contributed by atoms with van der Waals surface area (Å²) in [7, 11) is 0. The summed E-state index contributed by atoms with van der Waals surface area (Å²) < 4.78 is 5.08. The molecule has 0 unspecified atom stereocenters. The summed E-state index contributed by atoms with van der Waals surface area (Å²) in [5, 5.41) is 0. The third-order valence-electron chi connectivity index (χ3n) is 3.38. The van der Waals surface area contributed by atoms with E-state index in [2.05, 4.69) is 21.8 Å². The van der Waals surface area contributed by atoms with Gasteiger partial charge in [0.25, 0.3) is 0 Å². The lowest BCUT2D eigenvalue weighted by molar-refractivity contribution is 0.0519. The highest BCUT2D eigenvalue weighted by atomic mass is 16.5. The van der Waals surface area contributed by atoms with Gasteiger partial charge in [-0.05, 0) is 49.6 Å². The van der Waals surface area contributed by atoms with Gasteiger partial charge in [-0.3, -0.25) is 0 Å². The Morgan fingerprint density at radius 3 is 2.50 bits per heavy atom. The van der Waals surface area contributed by atoms with Gasteiger partial charge in [-0.2, -0.15) is 0 Å². The highest BCUT2D eigenvalue weighted by molar-refractivity contribution is 5.92. The minimum Gasteiger partial charge on any atom is -0.461 e. The number of hydrogen-bond donors (Lipinski definition) is 0. The number of para-hydroxylation sites is 2. The number of nitrogens with zero attached hydrogens (tertiary/aromatic N) is 2. The van der Waals surface area contributed by atoms with Crippen molar-refractivity contribution < 1.29 is 9.53 Å². The standard InChI is InChI=1S/C20H16N2O2/c1-3-24-20(23)19-18(12-11-15-8-6-7-14(2)13-15)21-16-9-4-5-10-17(16)22-19/h4-10,13H,3H2,1-2H3. The molecule has 0 spiro atoms. The summed E-state index contributed by atoms with van der Waals surface area (Å²) in [4.78, 5) is 21.0. The number of hydrogen-bond acceptors (Lipinski definition) is 4. The second-order valence-electron chi connectivity index (χ2n) is 5.25. The molecule has 0 saturated heterocycles. The third-order valence-corrected chi connectivity index (χ3v) is 3.38. The SMILES string of the molecule is CCOC(=O)c1nc2ccccc2nc1C#Cc1cccc(C)c1. The van der Waals surface area contributed by atoms with Gasteiger partial charge in [0.15, 0.2) is 5.69 Å². The van der Waals surface area contributed by atoms with Gasteiger partial charge in [0.05, 0.1) is 17.6 Å². The Labute approximate surface area is 140 Å². The minimum atomic E-state index is -0.510. The first-order valence-electron chi connectivity index (χ1n) is 7.70. The maximum absolute atomic E-state index is 12.2. The van der Waals surface area contributed by atoms with E-state index in [0.717, 1.165) is 11.1 Å². The molecule has 0 aliphatic rings. The monoisotopic (exact) mass is 316 g/mol. The Bertz CT molecular complexity index is 968. The van der Waals surface area contributed by atoms with Crippen LogP contribution < -0.4 is 0 Å². The molecule has 0 aliphatic carbocycles. The van der Waals surface area contributed by atoms with E-state index < -0.39 is 5.97 Å². The molecule has 0 radical (unpaired) electrons. The Morgan fingerprint density at radius 1 is 1.04 bits per heavy atom. The molecular weight excluding hydrogens is 300 g/mol. The summed E-state index contributed by atoms with van der Waals surface area (Å²) in [6.07, 6.45) is 0. The van der Waals surface area contributed by atoms with Crippen molar-refractivity contribution >= 4 is 17.0 Å². The predicted octanol–water partition coefficient (Wildman–Crippen LogP) is 3.51. The molecule has 4 heteroatoms. The number of rotatable bonds is 2. The van der Waals surface area contributed by atoms with E-state index in [0.29, 0.717) is 16.7 Å². The molecule has 1 aromatic heterocycles. The van der Waals surface area contributed by atoms with Gasteiger partial charge in [-0.25, -0.2) is 14.8 Å². The van der Waals surface area contributed by atoms with Crippen LogP contribution in [0.25, 0.3) is 11.0 Å². The van der Waals surface area contributed by atoms with E-state index in [4.69, 9.17) is 4.74 Å². The molecule has 118 valence electrons. The number of carbonyl (C=O) groups is 1. The van der Waals surface area contributed by atoms with Crippen molar-refractivity contribution in [3.05, 3.63) is 71.0 Å². The number of carbonyl (C=O) groups excluding carboxylic acids is 1. The number of esters is 1. The first-order chi connectivity index (χ1) is 11.7. The van der Waals surface area contributed by atoms with Crippen LogP contribution in [-0.2, 0) is 4.74 Å². The summed E-state index contributed by atoms with van der Waals surface area (Å²) in [6, 6.07) is 15.2. The molecule has 1 heterocycles. The lowest BCUT2D eigenvalue weighted by Crippen LogP contribution is -2.11.